The molecular weight excluding hydrogens is 444 g/mol. The van der Waals surface area contributed by atoms with Gasteiger partial charge in [-0.3, -0.25) is 9.69 Å². The molecule has 168 valence electrons. The van der Waals surface area contributed by atoms with E-state index in [1.807, 2.05) is 18.2 Å². The van der Waals surface area contributed by atoms with Gasteiger partial charge in [0.25, 0.3) is 5.91 Å². The fourth-order valence-corrected chi connectivity index (χ4v) is 5.87. The van der Waals surface area contributed by atoms with E-state index in [9.17, 15) is 13.2 Å². The number of para-hydroxylation sites is 1. The maximum absolute atomic E-state index is 13.0. The highest BCUT2D eigenvalue weighted by atomic mass is 32.2. The number of hydrogen-bond acceptors (Lipinski definition) is 6. The zero-order valence-corrected chi connectivity index (χ0v) is 19.5. The fraction of sp³-hybridized carbons (Fsp3) is 0.304. The van der Waals surface area contributed by atoms with Crippen LogP contribution in [0.3, 0.4) is 0 Å². The van der Waals surface area contributed by atoms with Crippen LogP contribution < -0.4 is 4.72 Å². The number of nitrogens with zero attached hydrogens (tertiary/aromatic N) is 3. The van der Waals surface area contributed by atoms with Crippen LogP contribution >= 0.6 is 11.3 Å². The summed E-state index contributed by atoms with van der Waals surface area (Å²) in [5.41, 5.74) is 1.39. The Morgan fingerprint density at radius 1 is 1.19 bits per heavy atom. The summed E-state index contributed by atoms with van der Waals surface area (Å²) in [5.74, 6) is -0.155. The quantitative estimate of drug-likeness (QED) is 0.536. The molecule has 1 fully saturated rings. The molecule has 1 unspecified atom stereocenters. The minimum atomic E-state index is -3.68. The van der Waals surface area contributed by atoms with Gasteiger partial charge < -0.3 is 4.90 Å². The lowest BCUT2D eigenvalue weighted by molar-refractivity contribution is 0.0582. The van der Waals surface area contributed by atoms with Gasteiger partial charge in [-0.15, -0.1) is 17.9 Å². The number of amides is 1. The lowest BCUT2D eigenvalue weighted by atomic mass is 10.1. The standard InChI is InChI=1S/C23H26N4O3S2/c1-3-11-24-32(29,30)19-8-6-7-18(16-19)23(28)27-14-12-26(13-15-27)17(2)22-25-20-9-4-5-10-21(20)31-22/h3-10,16-17,24H,1,11-15H2,2H3. The number of carbonyl (C=O) groups excluding carboxylic acids is 1. The van der Waals surface area contributed by atoms with Crippen LogP contribution in [0.4, 0.5) is 0 Å². The smallest absolute Gasteiger partial charge is 0.253 e. The minimum Gasteiger partial charge on any atom is -0.336 e. The predicted molar refractivity (Wildman–Crippen MR) is 127 cm³/mol. The highest BCUT2D eigenvalue weighted by Crippen LogP contribution is 2.30. The summed E-state index contributed by atoms with van der Waals surface area (Å²) >= 11 is 1.71. The van der Waals surface area contributed by atoms with Crippen LogP contribution in [0, 0.1) is 0 Å². The first-order valence-electron chi connectivity index (χ1n) is 10.5. The van der Waals surface area contributed by atoms with Gasteiger partial charge in [0.15, 0.2) is 0 Å². The molecule has 1 atom stereocenters. The van der Waals surface area contributed by atoms with E-state index < -0.39 is 10.0 Å². The maximum Gasteiger partial charge on any atom is 0.253 e. The van der Waals surface area contributed by atoms with E-state index >= 15 is 0 Å². The molecule has 0 radical (unpaired) electrons. The van der Waals surface area contributed by atoms with Crippen molar-refractivity contribution in [2.75, 3.05) is 32.7 Å². The van der Waals surface area contributed by atoms with Crippen molar-refractivity contribution in [3.8, 4) is 0 Å². The van der Waals surface area contributed by atoms with Crippen LogP contribution in [0.2, 0.25) is 0 Å². The molecule has 1 aliphatic rings. The Kier molecular flexibility index (Phi) is 6.71. The summed E-state index contributed by atoms with van der Waals surface area (Å²) in [6.07, 6.45) is 1.47. The summed E-state index contributed by atoms with van der Waals surface area (Å²) < 4.78 is 28.3. The molecule has 1 aliphatic heterocycles. The normalized spacial score (nSPS) is 16.2. The van der Waals surface area contributed by atoms with Gasteiger partial charge in [-0.25, -0.2) is 18.1 Å². The molecule has 9 heteroatoms. The number of nitrogens with one attached hydrogen (secondary N) is 1. The van der Waals surface area contributed by atoms with Crippen LogP contribution in [0.25, 0.3) is 10.2 Å². The van der Waals surface area contributed by atoms with Crippen LogP contribution in [0.1, 0.15) is 28.3 Å². The van der Waals surface area contributed by atoms with Crippen LogP contribution in [-0.2, 0) is 10.0 Å². The molecule has 0 spiro atoms. The van der Waals surface area contributed by atoms with Crippen molar-refractivity contribution in [2.24, 2.45) is 0 Å². The Hall–Kier alpha value is -2.59. The summed E-state index contributed by atoms with van der Waals surface area (Å²) in [4.78, 5) is 22.0. The average Bonchev–Trinajstić information content (AvgIpc) is 3.26. The number of hydrogen-bond donors (Lipinski definition) is 1. The first-order chi connectivity index (χ1) is 15.4. The zero-order valence-electron chi connectivity index (χ0n) is 17.9. The number of carbonyl (C=O) groups is 1. The molecule has 0 aliphatic carbocycles. The number of piperazine rings is 1. The molecular formula is C23H26N4O3S2. The number of rotatable bonds is 7. The fourth-order valence-electron chi connectivity index (χ4n) is 3.77. The predicted octanol–water partition coefficient (Wildman–Crippen LogP) is 3.28. The first kappa shape index (κ1) is 22.6. The third-order valence-electron chi connectivity index (χ3n) is 5.63. The lowest BCUT2D eigenvalue weighted by Gasteiger charge is -2.37. The van der Waals surface area contributed by atoms with E-state index in [0.29, 0.717) is 18.7 Å². The number of thiazole rings is 1. The van der Waals surface area contributed by atoms with Crippen LogP contribution in [0.15, 0.2) is 66.1 Å². The van der Waals surface area contributed by atoms with Gasteiger partial charge >= 0.3 is 0 Å². The molecule has 0 bridgehead atoms. The van der Waals surface area contributed by atoms with Crippen molar-refractivity contribution in [1.29, 1.82) is 0 Å². The average molecular weight is 471 g/mol. The van der Waals surface area contributed by atoms with Crippen molar-refractivity contribution in [3.63, 3.8) is 0 Å². The summed E-state index contributed by atoms with van der Waals surface area (Å²) in [7, 11) is -3.68. The molecule has 1 aromatic heterocycles. The molecule has 3 aromatic rings. The Bertz CT molecular complexity index is 1200. The van der Waals surface area contributed by atoms with E-state index in [-0.39, 0.29) is 23.4 Å². The number of benzene rings is 2. The largest absolute Gasteiger partial charge is 0.336 e. The maximum atomic E-state index is 13.0. The Labute approximate surface area is 192 Å². The van der Waals surface area contributed by atoms with E-state index in [2.05, 4.69) is 29.2 Å². The minimum absolute atomic E-state index is 0.0771. The van der Waals surface area contributed by atoms with E-state index in [1.165, 1.54) is 22.9 Å². The van der Waals surface area contributed by atoms with Crippen molar-refractivity contribution in [3.05, 3.63) is 71.8 Å². The van der Waals surface area contributed by atoms with Crippen molar-refractivity contribution < 1.29 is 13.2 Å². The Morgan fingerprint density at radius 2 is 1.94 bits per heavy atom. The van der Waals surface area contributed by atoms with Crippen molar-refractivity contribution in [2.45, 2.75) is 17.9 Å². The first-order valence-corrected chi connectivity index (χ1v) is 12.8. The van der Waals surface area contributed by atoms with Gasteiger partial charge in [0.1, 0.15) is 5.01 Å². The molecule has 1 saturated heterocycles. The molecule has 1 N–H and O–H groups in total. The van der Waals surface area contributed by atoms with Crippen LogP contribution in [-0.4, -0.2) is 61.8 Å². The highest BCUT2D eigenvalue weighted by Gasteiger charge is 2.27. The number of sulfonamides is 1. The summed E-state index contributed by atoms with van der Waals surface area (Å²) in [5, 5.41) is 1.08. The van der Waals surface area contributed by atoms with Gasteiger partial charge in [-0.05, 0) is 37.3 Å². The van der Waals surface area contributed by atoms with Gasteiger partial charge in [0.2, 0.25) is 10.0 Å². The third-order valence-corrected chi connectivity index (χ3v) is 8.25. The van der Waals surface area contributed by atoms with Gasteiger partial charge in [0, 0.05) is 38.3 Å². The molecule has 0 saturated carbocycles. The second-order valence-corrected chi connectivity index (χ2v) is 10.5. The Morgan fingerprint density at radius 3 is 2.66 bits per heavy atom. The zero-order chi connectivity index (χ0) is 22.7. The molecule has 1 amide bonds. The third kappa shape index (κ3) is 4.75. The van der Waals surface area contributed by atoms with Gasteiger partial charge in [0.05, 0.1) is 21.2 Å². The Balaban J connectivity index is 1.41. The van der Waals surface area contributed by atoms with E-state index in [1.54, 1.807) is 28.4 Å². The van der Waals surface area contributed by atoms with E-state index in [4.69, 9.17) is 4.98 Å². The van der Waals surface area contributed by atoms with Crippen molar-refractivity contribution in [1.82, 2.24) is 19.5 Å². The number of fused-ring (bicyclic) bond motifs is 1. The lowest BCUT2D eigenvalue weighted by Crippen LogP contribution is -2.49. The molecule has 2 aromatic carbocycles. The second kappa shape index (κ2) is 9.50. The monoisotopic (exact) mass is 470 g/mol. The molecule has 7 nitrogen and oxygen atoms in total. The summed E-state index contributed by atoms with van der Waals surface area (Å²) in [6, 6.07) is 14.5. The molecule has 4 rings (SSSR count). The molecule has 32 heavy (non-hydrogen) atoms. The van der Waals surface area contributed by atoms with Gasteiger partial charge in [-0.1, -0.05) is 24.3 Å². The number of aromatic nitrogens is 1. The SMILES string of the molecule is C=CCNS(=O)(=O)c1cccc(C(=O)N2CCN(C(C)c3nc4ccccc4s3)CC2)c1. The van der Waals surface area contributed by atoms with E-state index in [0.717, 1.165) is 23.6 Å². The highest BCUT2D eigenvalue weighted by molar-refractivity contribution is 7.89. The molecule has 2 heterocycles. The second-order valence-electron chi connectivity index (χ2n) is 7.69. The summed E-state index contributed by atoms with van der Waals surface area (Å²) in [6.45, 7) is 8.45. The van der Waals surface area contributed by atoms with Crippen LogP contribution in [0.5, 0.6) is 0 Å². The topological polar surface area (TPSA) is 82.6 Å². The van der Waals surface area contributed by atoms with Gasteiger partial charge in [-0.2, -0.15) is 0 Å². The van der Waals surface area contributed by atoms with Crippen molar-refractivity contribution >= 4 is 37.5 Å².